The van der Waals surface area contributed by atoms with Crippen molar-refractivity contribution in [1.82, 2.24) is 19.4 Å². The molecule has 1 unspecified atom stereocenters. The van der Waals surface area contributed by atoms with E-state index in [1.54, 1.807) is 12.1 Å². The molecule has 2 aliphatic heterocycles. The number of benzene rings is 2. The van der Waals surface area contributed by atoms with Crippen LogP contribution in [0, 0.1) is 6.92 Å². The van der Waals surface area contributed by atoms with E-state index in [1.807, 2.05) is 24.0 Å². The van der Waals surface area contributed by atoms with Crippen LogP contribution in [0.25, 0.3) is 0 Å². The summed E-state index contributed by atoms with van der Waals surface area (Å²) in [5.74, 6) is -0.00546. The molecule has 2 aromatic rings. The summed E-state index contributed by atoms with van der Waals surface area (Å²) in [6.07, 6.45) is 1.05. The average molecular weight is 471 g/mol. The number of hydrogen-bond donors (Lipinski definition) is 1. The molecule has 7 nitrogen and oxygen atoms in total. The topological polar surface area (TPSA) is 73.0 Å². The summed E-state index contributed by atoms with van der Waals surface area (Å²) in [5.41, 5.74) is 3.83. The second-order valence-corrected chi connectivity index (χ2v) is 11.1. The van der Waals surface area contributed by atoms with Gasteiger partial charge in [0, 0.05) is 51.9 Å². The van der Waals surface area contributed by atoms with Gasteiger partial charge in [0.1, 0.15) is 0 Å². The third-order valence-corrected chi connectivity index (χ3v) is 8.65. The molecule has 0 bridgehead atoms. The standard InChI is InChI=1S/C25H34N4O3S/c1-20-7-9-24(10-8-20)33(31,32)29-15-13-27(14-16-29)19-25(30)26-17-21(2)28-12-11-22-5-3-4-6-23(22)18-28/h3-10,21H,11-19H2,1-2H3,(H,26,30). The summed E-state index contributed by atoms with van der Waals surface area (Å²) in [7, 11) is -3.49. The molecule has 0 spiro atoms. The lowest BCUT2D eigenvalue weighted by Gasteiger charge is -2.35. The van der Waals surface area contributed by atoms with Crippen LogP contribution in [0.15, 0.2) is 53.4 Å². The summed E-state index contributed by atoms with van der Waals surface area (Å²) in [6, 6.07) is 15.8. The molecule has 2 heterocycles. The highest BCUT2D eigenvalue weighted by Crippen LogP contribution is 2.20. The van der Waals surface area contributed by atoms with Crippen molar-refractivity contribution in [3.05, 3.63) is 65.2 Å². The summed E-state index contributed by atoms with van der Waals surface area (Å²) >= 11 is 0. The summed E-state index contributed by atoms with van der Waals surface area (Å²) in [6.45, 7) is 8.83. The van der Waals surface area contributed by atoms with E-state index in [9.17, 15) is 13.2 Å². The zero-order chi connectivity index (χ0) is 23.4. The van der Waals surface area contributed by atoms with Gasteiger partial charge in [-0.1, -0.05) is 42.0 Å². The minimum atomic E-state index is -3.49. The molecule has 0 aromatic heterocycles. The highest BCUT2D eigenvalue weighted by molar-refractivity contribution is 7.89. The fourth-order valence-electron chi connectivity index (χ4n) is 4.53. The zero-order valence-corrected chi connectivity index (χ0v) is 20.4. The average Bonchev–Trinajstić information content (AvgIpc) is 2.83. The highest BCUT2D eigenvalue weighted by atomic mass is 32.2. The van der Waals surface area contributed by atoms with Gasteiger partial charge in [0.15, 0.2) is 0 Å². The van der Waals surface area contributed by atoms with Gasteiger partial charge in [-0.25, -0.2) is 8.42 Å². The third kappa shape index (κ3) is 5.81. The summed E-state index contributed by atoms with van der Waals surface area (Å²) in [4.78, 5) is 17.3. The van der Waals surface area contributed by atoms with Crippen LogP contribution < -0.4 is 5.32 Å². The number of rotatable bonds is 7. The van der Waals surface area contributed by atoms with Crippen molar-refractivity contribution in [3.8, 4) is 0 Å². The first-order valence-corrected chi connectivity index (χ1v) is 13.1. The molecule has 1 atom stereocenters. The fourth-order valence-corrected chi connectivity index (χ4v) is 5.95. The Morgan fingerprint density at radius 3 is 2.33 bits per heavy atom. The molecule has 1 amide bonds. The normalized spacial score (nSPS) is 19.1. The van der Waals surface area contributed by atoms with E-state index in [0.29, 0.717) is 44.2 Å². The van der Waals surface area contributed by atoms with Gasteiger partial charge in [-0.2, -0.15) is 4.31 Å². The molecular weight excluding hydrogens is 436 g/mol. The van der Waals surface area contributed by atoms with Crippen molar-refractivity contribution in [3.63, 3.8) is 0 Å². The number of nitrogens with one attached hydrogen (secondary N) is 1. The third-order valence-electron chi connectivity index (χ3n) is 6.74. The first-order chi connectivity index (χ1) is 15.8. The van der Waals surface area contributed by atoms with Crippen molar-refractivity contribution >= 4 is 15.9 Å². The molecule has 4 rings (SSSR count). The number of hydrogen-bond acceptors (Lipinski definition) is 5. The van der Waals surface area contributed by atoms with Gasteiger partial charge in [-0.3, -0.25) is 14.6 Å². The number of fused-ring (bicyclic) bond motifs is 1. The van der Waals surface area contributed by atoms with E-state index >= 15 is 0 Å². The van der Waals surface area contributed by atoms with E-state index < -0.39 is 10.0 Å². The maximum atomic E-state index is 12.9. The lowest BCUT2D eigenvalue weighted by atomic mass is 9.99. The second-order valence-electron chi connectivity index (χ2n) is 9.14. The Bertz CT molecular complexity index is 1060. The summed E-state index contributed by atoms with van der Waals surface area (Å²) < 4.78 is 27.2. The van der Waals surface area contributed by atoms with Gasteiger partial charge in [0.25, 0.3) is 0 Å². The van der Waals surface area contributed by atoms with Crippen LogP contribution in [-0.2, 0) is 27.8 Å². The van der Waals surface area contributed by atoms with E-state index in [-0.39, 0.29) is 11.9 Å². The van der Waals surface area contributed by atoms with Crippen LogP contribution in [0.3, 0.4) is 0 Å². The maximum absolute atomic E-state index is 12.9. The SMILES string of the molecule is Cc1ccc(S(=O)(=O)N2CCN(CC(=O)NCC(C)N3CCc4ccccc4C3)CC2)cc1. The summed E-state index contributed by atoms with van der Waals surface area (Å²) in [5, 5.41) is 3.07. The predicted molar refractivity (Wildman–Crippen MR) is 129 cm³/mol. The van der Waals surface area contributed by atoms with E-state index in [4.69, 9.17) is 0 Å². The minimum Gasteiger partial charge on any atom is -0.353 e. The maximum Gasteiger partial charge on any atom is 0.243 e. The Kier molecular flexibility index (Phi) is 7.48. The monoisotopic (exact) mass is 470 g/mol. The number of carbonyl (C=O) groups is 1. The van der Waals surface area contributed by atoms with Gasteiger partial charge in [0.2, 0.25) is 15.9 Å². The molecule has 8 heteroatoms. The molecule has 2 aromatic carbocycles. The van der Waals surface area contributed by atoms with Crippen LogP contribution in [0.1, 0.15) is 23.6 Å². The fraction of sp³-hybridized carbons (Fsp3) is 0.480. The van der Waals surface area contributed by atoms with Crippen molar-refractivity contribution in [2.75, 3.05) is 45.8 Å². The molecule has 0 aliphatic carbocycles. The van der Waals surface area contributed by atoms with Gasteiger partial charge in [0.05, 0.1) is 11.4 Å². The zero-order valence-electron chi connectivity index (χ0n) is 19.5. The molecule has 0 radical (unpaired) electrons. The quantitative estimate of drug-likeness (QED) is 0.669. The largest absolute Gasteiger partial charge is 0.353 e. The predicted octanol–water partition coefficient (Wildman–Crippen LogP) is 1.86. The van der Waals surface area contributed by atoms with Crippen LogP contribution in [0.5, 0.6) is 0 Å². The lowest BCUT2D eigenvalue weighted by molar-refractivity contribution is -0.122. The van der Waals surface area contributed by atoms with Crippen molar-refractivity contribution in [2.45, 2.75) is 37.8 Å². The first-order valence-electron chi connectivity index (χ1n) is 11.7. The smallest absolute Gasteiger partial charge is 0.243 e. The Balaban J connectivity index is 1.21. The van der Waals surface area contributed by atoms with Gasteiger partial charge in [-0.05, 0) is 43.5 Å². The molecule has 33 heavy (non-hydrogen) atoms. The number of amides is 1. The number of aryl methyl sites for hydroxylation is 1. The van der Waals surface area contributed by atoms with Crippen molar-refractivity contribution in [2.24, 2.45) is 0 Å². The van der Waals surface area contributed by atoms with E-state index in [1.165, 1.54) is 15.4 Å². The first kappa shape index (κ1) is 23.9. The second kappa shape index (κ2) is 10.3. The molecule has 0 saturated carbocycles. The molecule has 178 valence electrons. The Hall–Kier alpha value is -2.26. The van der Waals surface area contributed by atoms with Gasteiger partial charge in [-0.15, -0.1) is 0 Å². The Labute approximate surface area is 197 Å². The van der Waals surface area contributed by atoms with Crippen LogP contribution >= 0.6 is 0 Å². The molecule has 1 N–H and O–H groups in total. The number of carbonyl (C=O) groups excluding carboxylic acids is 1. The van der Waals surface area contributed by atoms with Crippen LogP contribution in [0.2, 0.25) is 0 Å². The molecule has 1 fully saturated rings. The number of sulfonamides is 1. The van der Waals surface area contributed by atoms with E-state index in [2.05, 4.69) is 41.4 Å². The number of nitrogens with zero attached hydrogens (tertiary/aromatic N) is 3. The molecule has 1 saturated heterocycles. The lowest BCUT2D eigenvalue weighted by Crippen LogP contribution is -2.52. The van der Waals surface area contributed by atoms with Gasteiger partial charge >= 0.3 is 0 Å². The van der Waals surface area contributed by atoms with Crippen molar-refractivity contribution < 1.29 is 13.2 Å². The van der Waals surface area contributed by atoms with Crippen LogP contribution in [0.4, 0.5) is 0 Å². The molecule has 2 aliphatic rings. The minimum absolute atomic E-state index is 0.00546. The Morgan fingerprint density at radius 2 is 1.64 bits per heavy atom. The van der Waals surface area contributed by atoms with Crippen LogP contribution in [-0.4, -0.2) is 80.3 Å². The van der Waals surface area contributed by atoms with Crippen molar-refractivity contribution in [1.29, 1.82) is 0 Å². The molecular formula is C25H34N4O3S. The number of piperazine rings is 1. The van der Waals surface area contributed by atoms with Gasteiger partial charge < -0.3 is 5.32 Å². The Morgan fingerprint density at radius 1 is 0.970 bits per heavy atom. The highest BCUT2D eigenvalue weighted by Gasteiger charge is 2.29. The van der Waals surface area contributed by atoms with E-state index in [0.717, 1.165) is 25.1 Å².